The Morgan fingerprint density at radius 3 is 2.90 bits per heavy atom. The summed E-state index contributed by atoms with van der Waals surface area (Å²) in [6.45, 7) is 5.07. The van der Waals surface area contributed by atoms with Gasteiger partial charge < -0.3 is 21.1 Å². The lowest BCUT2D eigenvalue weighted by atomic mass is 9.92. The molecule has 2 atom stereocenters. The van der Waals surface area contributed by atoms with Gasteiger partial charge in [-0.1, -0.05) is 24.8 Å². The molecule has 2 aliphatic rings. The largest absolute Gasteiger partial charge is 0.493 e. The highest BCUT2D eigenvalue weighted by Gasteiger charge is 2.33. The van der Waals surface area contributed by atoms with Crippen LogP contribution in [0, 0.1) is 0 Å². The molecule has 2 aliphatic heterocycles. The molecule has 0 bridgehead atoms. The van der Waals surface area contributed by atoms with E-state index in [4.69, 9.17) is 16.2 Å². The van der Waals surface area contributed by atoms with E-state index in [0.717, 1.165) is 24.2 Å². The highest BCUT2D eigenvalue weighted by atomic mass is 16.5. The zero-order valence-corrected chi connectivity index (χ0v) is 16.2. The second-order valence-electron chi connectivity index (χ2n) is 7.54. The minimum Gasteiger partial charge on any atom is -0.493 e. The Balaban J connectivity index is 1.63. The maximum atomic E-state index is 12.2. The third kappa shape index (κ3) is 3.46. The Bertz CT molecular complexity index is 967. The third-order valence-electron chi connectivity index (χ3n) is 5.75. The van der Waals surface area contributed by atoms with Crippen molar-refractivity contribution in [1.29, 1.82) is 0 Å². The van der Waals surface area contributed by atoms with Crippen LogP contribution in [0.5, 0.6) is 5.75 Å². The zero-order chi connectivity index (χ0) is 20.5. The van der Waals surface area contributed by atoms with Crippen LogP contribution in [0.25, 0.3) is 0 Å². The summed E-state index contributed by atoms with van der Waals surface area (Å²) in [5.74, 6) is 0.259. The number of benzene rings is 1. The van der Waals surface area contributed by atoms with E-state index in [-0.39, 0.29) is 29.2 Å². The van der Waals surface area contributed by atoms with Crippen LogP contribution in [0.1, 0.15) is 40.4 Å². The van der Waals surface area contributed by atoms with Crippen LogP contribution in [0.3, 0.4) is 0 Å². The Hall–Kier alpha value is -3.29. The van der Waals surface area contributed by atoms with Crippen LogP contribution >= 0.6 is 0 Å². The first kappa shape index (κ1) is 19.0. The van der Waals surface area contributed by atoms with Crippen LogP contribution in [-0.2, 0) is 17.8 Å². The van der Waals surface area contributed by atoms with Gasteiger partial charge in [0.15, 0.2) is 0 Å². The maximum Gasteiger partial charge on any atom is 0.254 e. The SMILES string of the molecule is C=CC(=O)N1CCCC1Cn1nc(C2COc3ccccc3C2)c(C(N)=O)c1N. The molecule has 0 saturated carbocycles. The van der Waals surface area contributed by atoms with Gasteiger partial charge in [0.2, 0.25) is 5.91 Å². The zero-order valence-electron chi connectivity index (χ0n) is 16.2. The molecule has 8 nitrogen and oxygen atoms in total. The van der Waals surface area contributed by atoms with E-state index >= 15 is 0 Å². The summed E-state index contributed by atoms with van der Waals surface area (Å²) in [4.78, 5) is 26.0. The molecule has 4 rings (SSSR count). The minimum absolute atomic E-state index is 0.0420. The molecule has 1 aromatic carbocycles. The number of hydrogen-bond donors (Lipinski definition) is 2. The van der Waals surface area contributed by atoms with Crippen molar-refractivity contribution in [1.82, 2.24) is 14.7 Å². The summed E-state index contributed by atoms with van der Waals surface area (Å²) >= 11 is 0. The Kier molecular flexibility index (Phi) is 5.00. The number of amides is 2. The Morgan fingerprint density at radius 2 is 2.14 bits per heavy atom. The second-order valence-corrected chi connectivity index (χ2v) is 7.54. The summed E-state index contributed by atoms with van der Waals surface area (Å²) in [5.41, 5.74) is 13.8. The lowest BCUT2D eigenvalue weighted by molar-refractivity contribution is -0.127. The summed E-state index contributed by atoms with van der Waals surface area (Å²) < 4.78 is 7.47. The predicted molar refractivity (Wildman–Crippen MR) is 108 cm³/mol. The molecule has 0 radical (unpaired) electrons. The molecule has 3 heterocycles. The van der Waals surface area contributed by atoms with E-state index in [1.165, 1.54) is 6.08 Å². The summed E-state index contributed by atoms with van der Waals surface area (Å²) in [7, 11) is 0. The molecule has 1 fully saturated rings. The first-order chi connectivity index (χ1) is 14.0. The van der Waals surface area contributed by atoms with E-state index in [9.17, 15) is 9.59 Å². The number of fused-ring (bicyclic) bond motifs is 1. The number of nitrogens with two attached hydrogens (primary N) is 2. The molecule has 29 heavy (non-hydrogen) atoms. The molecule has 1 aromatic heterocycles. The molecular weight excluding hydrogens is 370 g/mol. The van der Waals surface area contributed by atoms with Gasteiger partial charge in [0.1, 0.15) is 17.1 Å². The van der Waals surface area contributed by atoms with Crippen LogP contribution in [0.4, 0.5) is 5.82 Å². The number of likely N-dealkylation sites (tertiary alicyclic amines) is 1. The smallest absolute Gasteiger partial charge is 0.254 e. The van der Waals surface area contributed by atoms with Crippen molar-refractivity contribution < 1.29 is 14.3 Å². The first-order valence-electron chi connectivity index (χ1n) is 9.79. The number of hydrogen-bond acceptors (Lipinski definition) is 5. The fourth-order valence-electron chi connectivity index (χ4n) is 4.31. The van der Waals surface area contributed by atoms with Gasteiger partial charge in [-0.2, -0.15) is 5.10 Å². The van der Waals surface area contributed by atoms with Crippen molar-refractivity contribution >= 4 is 17.6 Å². The van der Waals surface area contributed by atoms with Gasteiger partial charge in [0.05, 0.1) is 24.9 Å². The van der Waals surface area contributed by atoms with E-state index in [1.807, 2.05) is 24.3 Å². The monoisotopic (exact) mass is 395 g/mol. The Morgan fingerprint density at radius 1 is 1.34 bits per heavy atom. The fourth-order valence-corrected chi connectivity index (χ4v) is 4.31. The molecular formula is C21H25N5O3. The van der Waals surface area contributed by atoms with Crippen molar-refractivity contribution in [2.45, 2.75) is 37.8 Å². The standard InChI is InChI=1S/C21H25N5O3/c1-2-17(27)25-9-5-7-15(25)11-26-20(22)18(21(23)28)19(24-26)14-10-13-6-3-4-8-16(13)29-12-14/h2-4,6,8,14-15H,1,5,7,9-12,22H2,(H2,23,28). The minimum atomic E-state index is -0.604. The highest BCUT2D eigenvalue weighted by molar-refractivity contribution is 5.98. The summed E-state index contributed by atoms with van der Waals surface area (Å²) in [6, 6.07) is 7.78. The molecule has 8 heteroatoms. The number of anilines is 1. The van der Waals surface area contributed by atoms with E-state index in [1.54, 1.807) is 9.58 Å². The van der Waals surface area contributed by atoms with Crippen LogP contribution in [0.15, 0.2) is 36.9 Å². The number of carbonyl (C=O) groups is 2. The number of nitrogen functional groups attached to an aromatic ring is 1. The van der Waals surface area contributed by atoms with Crippen LogP contribution < -0.4 is 16.2 Å². The first-order valence-corrected chi connectivity index (χ1v) is 9.79. The molecule has 0 aliphatic carbocycles. The van der Waals surface area contributed by atoms with Gasteiger partial charge in [-0.3, -0.25) is 9.59 Å². The van der Waals surface area contributed by atoms with Gasteiger partial charge in [0.25, 0.3) is 5.91 Å². The third-order valence-corrected chi connectivity index (χ3v) is 5.75. The number of primary amides is 1. The molecule has 4 N–H and O–H groups in total. The van der Waals surface area contributed by atoms with Crippen LogP contribution in [-0.4, -0.2) is 45.7 Å². The number of para-hydroxylation sites is 1. The van der Waals surface area contributed by atoms with Gasteiger partial charge in [-0.25, -0.2) is 4.68 Å². The second kappa shape index (κ2) is 7.62. The maximum absolute atomic E-state index is 12.2. The lowest BCUT2D eigenvalue weighted by Gasteiger charge is -2.25. The fraction of sp³-hybridized carbons (Fsp3) is 0.381. The number of aromatic nitrogens is 2. The molecule has 2 amide bonds. The number of rotatable bonds is 5. The predicted octanol–water partition coefficient (Wildman–Crippen LogP) is 1.46. The van der Waals surface area contributed by atoms with Gasteiger partial charge in [-0.15, -0.1) is 0 Å². The highest BCUT2D eigenvalue weighted by Crippen LogP contribution is 2.34. The lowest BCUT2D eigenvalue weighted by Crippen LogP contribution is -2.37. The van der Waals surface area contributed by atoms with Gasteiger partial charge in [0, 0.05) is 12.5 Å². The quantitative estimate of drug-likeness (QED) is 0.744. The van der Waals surface area contributed by atoms with E-state index in [0.29, 0.717) is 31.8 Å². The van der Waals surface area contributed by atoms with Crippen molar-refractivity contribution in [2.24, 2.45) is 5.73 Å². The number of ether oxygens (including phenoxy) is 1. The molecule has 0 spiro atoms. The average molecular weight is 395 g/mol. The normalized spacial score (nSPS) is 20.8. The van der Waals surface area contributed by atoms with Gasteiger partial charge in [-0.05, 0) is 37.0 Å². The van der Waals surface area contributed by atoms with Crippen molar-refractivity contribution in [3.05, 3.63) is 53.7 Å². The van der Waals surface area contributed by atoms with Gasteiger partial charge >= 0.3 is 0 Å². The van der Waals surface area contributed by atoms with Crippen LogP contribution in [0.2, 0.25) is 0 Å². The van der Waals surface area contributed by atoms with Crippen molar-refractivity contribution in [3.8, 4) is 5.75 Å². The number of nitrogens with zero attached hydrogens (tertiary/aromatic N) is 3. The summed E-state index contributed by atoms with van der Waals surface area (Å²) in [6.07, 6.45) is 3.77. The van der Waals surface area contributed by atoms with Crippen molar-refractivity contribution in [3.63, 3.8) is 0 Å². The summed E-state index contributed by atoms with van der Waals surface area (Å²) in [5, 5.41) is 4.66. The topological polar surface area (TPSA) is 116 Å². The molecule has 2 aromatic rings. The number of carbonyl (C=O) groups excluding carboxylic acids is 2. The molecule has 2 unspecified atom stereocenters. The Labute approximate surface area is 169 Å². The van der Waals surface area contributed by atoms with Crippen molar-refractivity contribution in [2.75, 3.05) is 18.9 Å². The van der Waals surface area contributed by atoms with E-state index < -0.39 is 5.91 Å². The van der Waals surface area contributed by atoms with E-state index in [2.05, 4.69) is 11.7 Å². The molecule has 1 saturated heterocycles. The molecule has 152 valence electrons. The average Bonchev–Trinajstić information content (AvgIpc) is 3.32.